The Morgan fingerprint density at radius 1 is 1.41 bits per heavy atom. The number of aliphatic hydroxyl groups is 1. The van der Waals surface area contributed by atoms with Gasteiger partial charge in [0.25, 0.3) is 0 Å². The molecule has 0 radical (unpaired) electrons. The van der Waals surface area contributed by atoms with E-state index in [1.807, 2.05) is 0 Å². The first-order valence-corrected chi connectivity index (χ1v) is 6.36. The predicted octanol–water partition coefficient (Wildman–Crippen LogP) is 2.00. The Bertz CT molecular complexity index is 399. The summed E-state index contributed by atoms with van der Waals surface area (Å²) in [7, 11) is 0. The highest BCUT2D eigenvalue weighted by Crippen LogP contribution is 2.70. The van der Waals surface area contributed by atoms with Crippen molar-refractivity contribution in [3.63, 3.8) is 0 Å². The Kier molecular flexibility index (Phi) is 2.48. The molecule has 3 nitrogen and oxygen atoms in total. The Balaban J connectivity index is 2.43. The molecule has 0 saturated heterocycles. The van der Waals surface area contributed by atoms with E-state index in [4.69, 9.17) is 5.73 Å². The van der Waals surface area contributed by atoms with Crippen molar-refractivity contribution in [1.82, 2.24) is 0 Å². The van der Waals surface area contributed by atoms with Gasteiger partial charge in [0, 0.05) is 11.0 Å². The molecule has 2 saturated carbocycles. The van der Waals surface area contributed by atoms with Crippen molar-refractivity contribution in [3.05, 3.63) is 11.6 Å². The second kappa shape index (κ2) is 3.35. The molecule has 0 aliphatic heterocycles. The molecule has 2 aliphatic carbocycles. The Labute approximate surface area is 103 Å². The molecule has 2 aliphatic rings. The molecule has 0 aromatic heterocycles. The fraction of sp³-hybridized carbons (Fsp3) is 0.786. The van der Waals surface area contributed by atoms with Crippen LogP contribution in [0.15, 0.2) is 11.6 Å². The van der Waals surface area contributed by atoms with Crippen molar-refractivity contribution in [1.29, 1.82) is 0 Å². The van der Waals surface area contributed by atoms with Crippen molar-refractivity contribution in [2.24, 2.45) is 22.5 Å². The van der Waals surface area contributed by atoms with Crippen LogP contribution in [-0.2, 0) is 4.79 Å². The number of rotatable bonds is 2. The topological polar surface area (TPSA) is 63.3 Å². The van der Waals surface area contributed by atoms with Crippen LogP contribution in [0.25, 0.3) is 0 Å². The SMILES string of the molecule is CC(=CC1(O)CC2CCC1(C)C2(C)C)C(N)=O. The molecular weight excluding hydrogens is 214 g/mol. The number of carbonyl (C=O) groups is 1. The Morgan fingerprint density at radius 3 is 2.35 bits per heavy atom. The van der Waals surface area contributed by atoms with Crippen molar-refractivity contribution in [3.8, 4) is 0 Å². The second-order valence-electron chi connectivity index (χ2n) is 6.61. The standard InChI is InChI=1S/C14H23NO2/c1-9(11(15)16)7-14(17)8-10-5-6-13(14,4)12(10,2)3/h7,10,17H,5-6,8H2,1-4H3,(H2,15,16). The zero-order chi connectivity index (χ0) is 13.1. The van der Waals surface area contributed by atoms with Crippen LogP contribution in [0.4, 0.5) is 0 Å². The molecule has 0 heterocycles. The second-order valence-corrected chi connectivity index (χ2v) is 6.61. The van der Waals surface area contributed by atoms with Gasteiger partial charge in [0.2, 0.25) is 5.91 Å². The van der Waals surface area contributed by atoms with Gasteiger partial charge in [-0.1, -0.05) is 20.8 Å². The summed E-state index contributed by atoms with van der Waals surface area (Å²) >= 11 is 0. The number of nitrogens with two attached hydrogens (primary N) is 1. The van der Waals surface area contributed by atoms with E-state index in [1.165, 1.54) is 6.42 Å². The van der Waals surface area contributed by atoms with E-state index >= 15 is 0 Å². The molecular formula is C14H23NO2. The van der Waals surface area contributed by atoms with E-state index in [0.29, 0.717) is 11.5 Å². The van der Waals surface area contributed by atoms with Gasteiger partial charge in [0.05, 0.1) is 5.60 Å². The Hall–Kier alpha value is -0.830. The van der Waals surface area contributed by atoms with Gasteiger partial charge >= 0.3 is 0 Å². The van der Waals surface area contributed by atoms with Gasteiger partial charge in [-0.2, -0.15) is 0 Å². The molecule has 0 aromatic carbocycles. The van der Waals surface area contributed by atoms with Crippen LogP contribution in [0.1, 0.15) is 47.0 Å². The molecule has 1 amide bonds. The van der Waals surface area contributed by atoms with E-state index in [-0.39, 0.29) is 10.8 Å². The number of hydrogen-bond donors (Lipinski definition) is 2. The van der Waals surface area contributed by atoms with Gasteiger partial charge in [-0.05, 0) is 43.6 Å². The highest BCUT2D eigenvalue weighted by atomic mass is 16.3. The van der Waals surface area contributed by atoms with Crippen molar-refractivity contribution in [2.75, 3.05) is 0 Å². The lowest BCUT2D eigenvalue weighted by Gasteiger charge is -2.44. The first kappa shape index (κ1) is 12.6. The van der Waals surface area contributed by atoms with Crippen molar-refractivity contribution < 1.29 is 9.90 Å². The number of carbonyl (C=O) groups excluding carboxylic acids is 1. The average Bonchev–Trinajstić information content (AvgIpc) is 2.49. The number of fused-ring (bicyclic) bond motifs is 2. The molecule has 0 spiro atoms. The monoisotopic (exact) mass is 237 g/mol. The molecule has 96 valence electrons. The Morgan fingerprint density at radius 2 is 2.00 bits per heavy atom. The van der Waals surface area contributed by atoms with Crippen LogP contribution in [0, 0.1) is 16.7 Å². The predicted molar refractivity (Wildman–Crippen MR) is 67.1 cm³/mol. The maximum atomic E-state index is 11.1. The van der Waals surface area contributed by atoms with Crippen molar-refractivity contribution >= 4 is 5.91 Å². The summed E-state index contributed by atoms with van der Waals surface area (Å²) in [6.45, 7) is 8.29. The quantitative estimate of drug-likeness (QED) is 0.721. The zero-order valence-electron chi connectivity index (χ0n) is 11.2. The molecule has 3 atom stereocenters. The lowest BCUT2D eigenvalue weighted by molar-refractivity contribution is -0.114. The summed E-state index contributed by atoms with van der Waals surface area (Å²) in [6.07, 6.45) is 4.65. The van der Waals surface area contributed by atoms with Gasteiger partial charge < -0.3 is 10.8 Å². The molecule has 2 rings (SSSR count). The van der Waals surface area contributed by atoms with Gasteiger partial charge in [-0.15, -0.1) is 0 Å². The smallest absolute Gasteiger partial charge is 0.244 e. The molecule has 2 fully saturated rings. The van der Waals surface area contributed by atoms with Crippen LogP contribution >= 0.6 is 0 Å². The van der Waals surface area contributed by atoms with Crippen LogP contribution in [0.3, 0.4) is 0 Å². The van der Waals surface area contributed by atoms with Gasteiger partial charge in [-0.3, -0.25) is 4.79 Å². The lowest BCUT2D eigenvalue weighted by atomic mass is 9.64. The molecule has 3 heteroatoms. The third kappa shape index (κ3) is 1.41. The van der Waals surface area contributed by atoms with E-state index in [9.17, 15) is 9.90 Å². The summed E-state index contributed by atoms with van der Waals surface area (Å²) in [5.74, 6) is 0.0945. The van der Waals surface area contributed by atoms with Gasteiger partial charge in [-0.25, -0.2) is 0 Å². The fourth-order valence-electron chi connectivity index (χ4n) is 3.98. The average molecular weight is 237 g/mol. The van der Waals surface area contributed by atoms with Crippen LogP contribution in [0.2, 0.25) is 0 Å². The summed E-state index contributed by atoms with van der Waals surface area (Å²) in [4.78, 5) is 11.1. The largest absolute Gasteiger partial charge is 0.385 e. The summed E-state index contributed by atoms with van der Waals surface area (Å²) in [5, 5.41) is 10.9. The molecule has 0 aromatic rings. The van der Waals surface area contributed by atoms with Crippen LogP contribution in [0.5, 0.6) is 0 Å². The molecule has 2 bridgehead atoms. The minimum absolute atomic E-state index is 0.121. The summed E-state index contributed by atoms with van der Waals surface area (Å²) < 4.78 is 0. The first-order valence-electron chi connectivity index (χ1n) is 6.36. The highest BCUT2D eigenvalue weighted by molar-refractivity contribution is 5.91. The zero-order valence-corrected chi connectivity index (χ0v) is 11.2. The number of hydrogen-bond acceptors (Lipinski definition) is 2. The normalized spacial score (nSPS) is 44.1. The minimum atomic E-state index is -0.876. The first-order chi connectivity index (χ1) is 7.64. The van der Waals surface area contributed by atoms with E-state index in [0.717, 1.165) is 12.8 Å². The maximum absolute atomic E-state index is 11.1. The number of amides is 1. The molecule has 17 heavy (non-hydrogen) atoms. The van der Waals surface area contributed by atoms with E-state index in [1.54, 1.807) is 13.0 Å². The maximum Gasteiger partial charge on any atom is 0.244 e. The van der Waals surface area contributed by atoms with E-state index in [2.05, 4.69) is 20.8 Å². The summed E-state index contributed by atoms with van der Waals surface area (Å²) in [6, 6.07) is 0. The minimum Gasteiger partial charge on any atom is -0.385 e. The lowest BCUT2D eigenvalue weighted by Crippen LogP contribution is -2.46. The van der Waals surface area contributed by atoms with Crippen molar-refractivity contribution in [2.45, 2.75) is 52.6 Å². The fourth-order valence-corrected chi connectivity index (χ4v) is 3.98. The molecule has 3 unspecified atom stereocenters. The summed E-state index contributed by atoms with van der Waals surface area (Å²) in [5.41, 5.74) is 4.83. The van der Waals surface area contributed by atoms with Crippen LogP contribution in [-0.4, -0.2) is 16.6 Å². The highest BCUT2D eigenvalue weighted by Gasteiger charge is 2.67. The van der Waals surface area contributed by atoms with E-state index < -0.39 is 11.5 Å². The number of primary amides is 1. The third-order valence-electron chi connectivity index (χ3n) is 5.79. The van der Waals surface area contributed by atoms with Crippen LogP contribution < -0.4 is 5.73 Å². The third-order valence-corrected chi connectivity index (χ3v) is 5.79. The molecule has 3 N–H and O–H groups in total. The van der Waals surface area contributed by atoms with Gasteiger partial charge in [0.15, 0.2) is 0 Å². The van der Waals surface area contributed by atoms with Gasteiger partial charge in [0.1, 0.15) is 0 Å².